The van der Waals surface area contributed by atoms with Crippen LogP contribution in [-0.2, 0) is 0 Å². The van der Waals surface area contributed by atoms with Crippen LogP contribution in [0.2, 0.25) is 0 Å². The largest absolute Gasteiger partial charge is 0.344 e. The molecule has 0 spiro atoms. The number of hydrogen-bond donors (Lipinski definition) is 1. The van der Waals surface area contributed by atoms with Crippen LogP contribution in [0.15, 0.2) is 81.7 Å². The fraction of sp³-hybridized carbons (Fsp3) is 0. The SMILES string of the molecule is Brc1ccc(C2=C(c3ccc(Br)cc3)c3ccccc32)cc1.N. The molecule has 0 aliphatic heterocycles. The van der Waals surface area contributed by atoms with E-state index in [1.165, 1.54) is 33.4 Å². The summed E-state index contributed by atoms with van der Waals surface area (Å²) in [6, 6.07) is 25.7. The van der Waals surface area contributed by atoms with E-state index in [2.05, 4.69) is 105 Å². The van der Waals surface area contributed by atoms with Crippen LogP contribution in [-0.4, -0.2) is 0 Å². The van der Waals surface area contributed by atoms with Crippen LogP contribution in [0.1, 0.15) is 22.3 Å². The van der Waals surface area contributed by atoms with Gasteiger partial charge in [0.1, 0.15) is 0 Å². The van der Waals surface area contributed by atoms with Crippen molar-refractivity contribution in [3.8, 4) is 0 Å². The molecule has 1 aliphatic carbocycles. The molecule has 3 N–H and O–H groups in total. The van der Waals surface area contributed by atoms with Gasteiger partial charge in [-0.1, -0.05) is 80.4 Å². The molecule has 114 valence electrons. The lowest BCUT2D eigenvalue weighted by Crippen LogP contribution is -2.08. The van der Waals surface area contributed by atoms with Gasteiger partial charge in [0.05, 0.1) is 0 Å². The molecule has 3 heteroatoms. The van der Waals surface area contributed by atoms with E-state index >= 15 is 0 Å². The average molecular weight is 429 g/mol. The van der Waals surface area contributed by atoms with E-state index < -0.39 is 0 Å². The van der Waals surface area contributed by atoms with Crippen molar-refractivity contribution in [1.82, 2.24) is 6.15 Å². The molecule has 0 saturated heterocycles. The maximum absolute atomic E-state index is 3.51. The topological polar surface area (TPSA) is 35.0 Å². The van der Waals surface area contributed by atoms with Crippen molar-refractivity contribution < 1.29 is 0 Å². The van der Waals surface area contributed by atoms with Gasteiger partial charge in [0.15, 0.2) is 0 Å². The number of benzene rings is 3. The summed E-state index contributed by atoms with van der Waals surface area (Å²) in [5.41, 5.74) is 7.88. The van der Waals surface area contributed by atoms with E-state index in [0.717, 1.165) is 8.95 Å². The number of hydrogen-bond acceptors (Lipinski definition) is 1. The number of halogens is 2. The summed E-state index contributed by atoms with van der Waals surface area (Å²) < 4.78 is 2.21. The second kappa shape index (κ2) is 6.44. The second-order valence-corrected chi connectivity index (χ2v) is 7.14. The van der Waals surface area contributed by atoms with Crippen molar-refractivity contribution >= 4 is 43.0 Å². The Hall–Kier alpha value is -1.68. The van der Waals surface area contributed by atoms with Gasteiger partial charge in [0, 0.05) is 8.95 Å². The maximum atomic E-state index is 3.51. The molecule has 4 rings (SSSR count). The third-order valence-electron chi connectivity index (χ3n) is 3.98. The first-order valence-corrected chi connectivity index (χ1v) is 8.68. The van der Waals surface area contributed by atoms with E-state index in [1.807, 2.05) is 0 Å². The van der Waals surface area contributed by atoms with Crippen LogP contribution < -0.4 is 6.15 Å². The zero-order valence-corrected chi connectivity index (χ0v) is 15.6. The van der Waals surface area contributed by atoms with E-state index in [-0.39, 0.29) is 6.15 Å². The van der Waals surface area contributed by atoms with E-state index in [1.54, 1.807) is 0 Å². The zero-order valence-electron chi connectivity index (χ0n) is 12.4. The van der Waals surface area contributed by atoms with Crippen LogP contribution in [0.5, 0.6) is 0 Å². The first kappa shape index (κ1) is 16.2. The molecule has 0 saturated carbocycles. The molecule has 0 bridgehead atoms. The highest BCUT2D eigenvalue weighted by Gasteiger charge is 2.27. The predicted octanol–water partition coefficient (Wildman–Crippen LogP) is 6.69. The van der Waals surface area contributed by atoms with Crippen molar-refractivity contribution in [3.63, 3.8) is 0 Å². The summed E-state index contributed by atoms with van der Waals surface area (Å²) in [5, 5.41) is 0. The molecular weight excluding hydrogens is 414 g/mol. The quantitative estimate of drug-likeness (QED) is 0.379. The summed E-state index contributed by atoms with van der Waals surface area (Å²) in [7, 11) is 0. The van der Waals surface area contributed by atoms with Crippen molar-refractivity contribution in [2.24, 2.45) is 0 Å². The molecule has 0 amide bonds. The van der Waals surface area contributed by atoms with Crippen LogP contribution in [0.25, 0.3) is 11.1 Å². The van der Waals surface area contributed by atoms with Crippen molar-refractivity contribution in [1.29, 1.82) is 0 Å². The minimum atomic E-state index is 0. The fourth-order valence-electron chi connectivity index (χ4n) is 2.96. The summed E-state index contributed by atoms with van der Waals surface area (Å²) in [6.45, 7) is 0. The Kier molecular flexibility index (Phi) is 4.53. The van der Waals surface area contributed by atoms with Crippen LogP contribution in [0.4, 0.5) is 0 Å². The summed E-state index contributed by atoms with van der Waals surface area (Å²) in [5.74, 6) is 0. The monoisotopic (exact) mass is 427 g/mol. The lowest BCUT2D eigenvalue weighted by Gasteiger charge is -2.29. The van der Waals surface area contributed by atoms with Crippen molar-refractivity contribution in [2.45, 2.75) is 0 Å². The minimum Gasteiger partial charge on any atom is -0.344 e. The molecule has 0 atom stereocenters. The zero-order chi connectivity index (χ0) is 15.1. The first-order valence-electron chi connectivity index (χ1n) is 7.10. The van der Waals surface area contributed by atoms with Crippen LogP contribution in [0.3, 0.4) is 0 Å². The number of rotatable bonds is 2. The molecule has 1 nitrogen and oxygen atoms in total. The molecule has 3 aromatic carbocycles. The highest BCUT2D eigenvalue weighted by atomic mass is 79.9. The third kappa shape index (κ3) is 2.80. The maximum Gasteiger partial charge on any atom is 0.0175 e. The molecular formula is C20H15Br2N. The Bertz CT molecular complexity index is 804. The third-order valence-corrected chi connectivity index (χ3v) is 5.04. The summed E-state index contributed by atoms with van der Waals surface area (Å²) >= 11 is 7.03. The first-order chi connectivity index (χ1) is 10.7. The van der Waals surface area contributed by atoms with Gasteiger partial charge in [-0.3, -0.25) is 0 Å². The molecule has 0 heterocycles. The molecule has 0 radical (unpaired) electrons. The Morgan fingerprint density at radius 3 is 1.17 bits per heavy atom. The highest BCUT2D eigenvalue weighted by Crippen LogP contribution is 2.47. The van der Waals surface area contributed by atoms with Gasteiger partial charge in [-0.15, -0.1) is 0 Å². The van der Waals surface area contributed by atoms with E-state index in [0.29, 0.717) is 0 Å². The minimum absolute atomic E-state index is 0. The van der Waals surface area contributed by atoms with Gasteiger partial charge in [0.2, 0.25) is 0 Å². The fourth-order valence-corrected chi connectivity index (χ4v) is 3.49. The van der Waals surface area contributed by atoms with Crippen LogP contribution in [0, 0.1) is 0 Å². The summed E-state index contributed by atoms with van der Waals surface area (Å²) in [6.07, 6.45) is 0. The normalized spacial score (nSPS) is 12.3. The highest BCUT2D eigenvalue weighted by molar-refractivity contribution is 9.10. The second-order valence-electron chi connectivity index (χ2n) is 5.31. The summed E-state index contributed by atoms with van der Waals surface area (Å²) in [4.78, 5) is 0. The average Bonchev–Trinajstić information content (AvgIpc) is 2.53. The van der Waals surface area contributed by atoms with Gasteiger partial charge < -0.3 is 6.15 Å². The van der Waals surface area contributed by atoms with Gasteiger partial charge in [-0.25, -0.2) is 0 Å². The smallest absolute Gasteiger partial charge is 0.0175 e. The van der Waals surface area contributed by atoms with E-state index in [4.69, 9.17) is 0 Å². The van der Waals surface area contributed by atoms with Crippen LogP contribution >= 0.6 is 31.9 Å². The lowest BCUT2D eigenvalue weighted by molar-refractivity contribution is 1.41. The molecule has 0 aromatic heterocycles. The Balaban J connectivity index is 0.00000156. The molecule has 1 aliphatic rings. The van der Waals surface area contributed by atoms with Gasteiger partial charge >= 0.3 is 0 Å². The Morgan fingerprint density at radius 2 is 0.826 bits per heavy atom. The van der Waals surface area contributed by atoms with E-state index in [9.17, 15) is 0 Å². The van der Waals surface area contributed by atoms with Gasteiger partial charge in [0.25, 0.3) is 0 Å². The standard InChI is InChI=1S/C20H12Br2.H3N/c21-15-9-5-13(6-10-15)19-17-3-1-2-4-18(17)20(19)14-7-11-16(22)12-8-14;/h1-12H;1H3. The number of fused-ring (bicyclic) bond motifs is 1. The molecule has 0 fully saturated rings. The van der Waals surface area contributed by atoms with Gasteiger partial charge in [-0.2, -0.15) is 0 Å². The Morgan fingerprint density at radius 1 is 0.478 bits per heavy atom. The molecule has 0 unspecified atom stereocenters. The van der Waals surface area contributed by atoms with Crippen molar-refractivity contribution in [3.05, 3.63) is 104 Å². The van der Waals surface area contributed by atoms with Gasteiger partial charge in [-0.05, 0) is 57.7 Å². The molecule has 23 heavy (non-hydrogen) atoms. The predicted molar refractivity (Wildman–Crippen MR) is 105 cm³/mol. The Labute approximate surface area is 152 Å². The lowest BCUT2D eigenvalue weighted by atomic mass is 9.74. The van der Waals surface area contributed by atoms with Crippen molar-refractivity contribution in [2.75, 3.05) is 0 Å². The molecule has 3 aromatic rings.